The Morgan fingerprint density at radius 3 is 2.30 bits per heavy atom. The summed E-state index contributed by atoms with van der Waals surface area (Å²) < 4.78 is 28.5. The van der Waals surface area contributed by atoms with Crippen molar-refractivity contribution in [3.63, 3.8) is 0 Å². The van der Waals surface area contributed by atoms with Gasteiger partial charge in [0.1, 0.15) is 4.90 Å². The molecule has 0 aliphatic rings. The third-order valence-electron chi connectivity index (χ3n) is 2.44. The van der Waals surface area contributed by atoms with Crippen LogP contribution in [0.3, 0.4) is 0 Å². The molecule has 0 aromatic heterocycles. The molecule has 0 spiro atoms. The highest BCUT2D eigenvalue weighted by Gasteiger charge is 2.20. The van der Waals surface area contributed by atoms with Crippen LogP contribution in [0.2, 0.25) is 5.02 Å². The molecule has 0 bridgehead atoms. The number of rotatable bonds is 3. The van der Waals surface area contributed by atoms with Gasteiger partial charge in [-0.1, -0.05) is 17.7 Å². The van der Waals surface area contributed by atoms with Gasteiger partial charge in [-0.05, 0) is 62.2 Å². The lowest BCUT2D eigenvalue weighted by Gasteiger charge is -2.12. The molecule has 0 atom stereocenters. The summed E-state index contributed by atoms with van der Waals surface area (Å²) in [6, 6.07) is 9.53. The zero-order valence-electron chi connectivity index (χ0n) is 9.90. The Hall–Kier alpha value is -0.760. The van der Waals surface area contributed by atoms with Crippen LogP contribution in [0.15, 0.2) is 50.2 Å². The molecular weight excluding hydrogens is 431 g/mol. The average molecular weight is 441 g/mol. The largest absolute Gasteiger partial charge is 0.399 e. The summed E-state index contributed by atoms with van der Waals surface area (Å²) in [5.41, 5.74) is 6.32. The molecule has 3 N–H and O–H groups in total. The Balaban J connectivity index is 2.49. The third kappa shape index (κ3) is 3.28. The van der Waals surface area contributed by atoms with Crippen molar-refractivity contribution in [3.05, 3.63) is 50.4 Å². The van der Waals surface area contributed by atoms with Crippen LogP contribution < -0.4 is 10.5 Å². The van der Waals surface area contributed by atoms with Crippen LogP contribution in [0.4, 0.5) is 11.4 Å². The monoisotopic (exact) mass is 438 g/mol. The zero-order valence-corrected chi connectivity index (χ0v) is 14.6. The van der Waals surface area contributed by atoms with Crippen molar-refractivity contribution >= 4 is 64.9 Å². The minimum absolute atomic E-state index is 0.0678. The Bertz CT molecular complexity index is 746. The van der Waals surface area contributed by atoms with Crippen molar-refractivity contribution in [3.8, 4) is 0 Å². The highest BCUT2D eigenvalue weighted by atomic mass is 79.9. The normalized spacial score (nSPS) is 11.3. The van der Waals surface area contributed by atoms with Crippen molar-refractivity contribution in [1.82, 2.24) is 0 Å². The molecule has 0 aliphatic carbocycles. The van der Waals surface area contributed by atoms with Gasteiger partial charge < -0.3 is 5.73 Å². The van der Waals surface area contributed by atoms with Gasteiger partial charge in [0, 0.05) is 14.6 Å². The second kappa shape index (κ2) is 5.93. The molecule has 0 amide bonds. The number of hydrogen-bond donors (Lipinski definition) is 2. The van der Waals surface area contributed by atoms with E-state index >= 15 is 0 Å². The predicted octanol–water partition coefficient (Wildman–Crippen LogP) is 4.25. The van der Waals surface area contributed by atoms with Gasteiger partial charge in [-0.25, -0.2) is 8.42 Å². The quantitative estimate of drug-likeness (QED) is 0.701. The number of sulfonamides is 1. The number of nitrogens with two attached hydrogens (primary N) is 1. The first-order valence-electron chi connectivity index (χ1n) is 5.33. The molecule has 8 heteroatoms. The van der Waals surface area contributed by atoms with E-state index < -0.39 is 10.0 Å². The SMILES string of the molecule is Nc1ccc(Cl)c(S(=O)(=O)Nc2c(Br)cccc2Br)c1. The molecule has 2 aromatic carbocycles. The van der Waals surface area contributed by atoms with Crippen molar-refractivity contribution in [2.45, 2.75) is 4.90 Å². The van der Waals surface area contributed by atoms with Crippen LogP contribution in [0.25, 0.3) is 0 Å². The molecule has 2 aromatic rings. The first-order chi connectivity index (χ1) is 9.31. The number of halogens is 3. The smallest absolute Gasteiger partial charge is 0.263 e. The summed E-state index contributed by atoms with van der Waals surface area (Å²) in [6.45, 7) is 0. The van der Waals surface area contributed by atoms with Crippen molar-refractivity contribution in [1.29, 1.82) is 0 Å². The molecular formula is C12H9Br2ClN2O2S. The van der Waals surface area contributed by atoms with Gasteiger partial charge in [0.2, 0.25) is 0 Å². The van der Waals surface area contributed by atoms with E-state index in [4.69, 9.17) is 17.3 Å². The van der Waals surface area contributed by atoms with Crippen molar-refractivity contribution < 1.29 is 8.42 Å². The fraction of sp³-hybridized carbons (Fsp3) is 0. The summed E-state index contributed by atoms with van der Waals surface area (Å²) in [7, 11) is -3.83. The van der Waals surface area contributed by atoms with Crippen LogP contribution in [0.1, 0.15) is 0 Å². The van der Waals surface area contributed by atoms with E-state index in [0.29, 0.717) is 20.3 Å². The molecule has 2 rings (SSSR count). The minimum Gasteiger partial charge on any atom is -0.399 e. The summed E-state index contributed by atoms with van der Waals surface area (Å²) in [4.78, 5) is -0.0678. The Morgan fingerprint density at radius 1 is 1.10 bits per heavy atom. The number of nitrogens with one attached hydrogen (secondary N) is 1. The fourth-order valence-electron chi connectivity index (χ4n) is 1.51. The molecule has 0 saturated carbocycles. The van der Waals surface area contributed by atoms with Gasteiger partial charge in [-0.2, -0.15) is 0 Å². The summed E-state index contributed by atoms with van der Waals surface area (Å²) >= 11 is 12.5. The fourth-order valence-corrected chi connectivity index (χ4v) is 4.61. The first-order valence-corrected chi connectivity index (χ1v) is 8.78. The lowest BCUT2D eigenvalue weighted by atomic mass is 10.3. The lowest BCUT2D eigenvalue weighted by molar-refractivity contribution is 0.601. The molecule has 0 saturated heterocycles. The second-order valence-electron chi connectivity index (χ2n) is 3.89. The van der Waals surface area contributed by atoms with Crippen LogP contribution in [-0.4, -0.2) is 8.42 Å². The van der Waals surface area contributed by atoms with Gasteiger partial charge in [0.15, 0.2) is 0 Å². The van der Waals surface area contributed by atoms with Crippen LogP contribution >= 0.6 is 43.5 Å². The molecule has 20 heavy (non-hydrogen) atoms. The molecule has 0 unspecified atom stereocenters. The third-order valence-corrected chi connectivity index (χ3v) is 5.60. The van der Waals surface area contributed by atoms with Gasteiger partial charge in [0.25, 0.3) is 10.0 Å². The van der Waals surface area contributed by atoms with E-state index in [-0.39, 0.29) is 9.92 Å². The van der Waals surface area contributed by atoms with Gasteiger partial charge in [-0.15, -0.1) is 0 Å². The first kappa shape index (κ1) is 15.6. The van der Waals surface area contributed by atoms with E-state index in [0.717, 1.165) is 0 Å². The number of para-hydroxylation sites is 1. The molecule has 4 nitrogen and oxygen atoms in total. The summed E-state index contributed by atoms with van der Waals surface area (Å²) in [6.07, 6.45) is 0. The van der Waals surface area contributed by atoms with E-state index in [1.54, 1.807) is 18.2 Å². The molecule has 0 radical (unpaired) electrons. The highest BCUT2D eigenvalue weighted by Crippen LogP contribution is 2.33. The van der Waals surface area contributed by atoms with E-state index in [2.05, 4.69) is 36.6 Å². The van der Waals surface area contributed by atoms with Crippen LogP contribution in [-0.2, 0) is 10.0 Å². The molecule has 0 heterocycles. The average Bonchev–Trinajstić information content (AvgIpc) is 2.37. The molecule has 106 valence electrons. The highest BCUT2D eigenvalue weighted by molar-refractivity contribution is 9.11. The number of benzene rings is 2. The lowest BCUT2D eigenvalue weighted by Crippen LogP contribution is -2.14. The number of anilines is 2. The van der Waals surface area contributed by atoms with E-state index in [1.807, 2.05) is 0 Å². The molecule has 0 fully saturated rings. The van der Waals surface area contributed by atoms with Crippen LogP contribution in [0.5, 0.6) is 0 Å². The van der Waals surface area contributed by atoms with E-state index in [9.17, 15) is 8.42 Å². The molecule has 0 aliphatic heterocycles. The Morgan fingerprint density at radius 2 is 1.70 bits per heavy atom. The van der Waals surface area contributed by atoms with E-state index in [1.165, 1.54) is 18.2 Å². The minimum atomic E-state index is -3.83. The van der Waals surface area contributed by atoms with Gasteiger partial charge >= 0.3 is 0 Å². The van der Waals surface area contributed by atoms with Crippen LogP contribution in [0, 0.1) is 0 Å². The Kier molecular flexibility index (Phi) is 4.63. The maximum absolute atomic E-state index is 12.4. The number of hydrogen-bond acceptors (Lipinski definition) is 3. The number of nitrogen functional groups attached to an aromatic ring is 1. The zero-order chi connectivity index (χ0) is 14.9. The standard InChI is InChI=1S/C12H9Br2ClN2O2S/c13-8-2-1-3-9(14)12(8)17-20(18,19)11-6-7(16)4-5-10(11)15/h1-6,17H,16H2. The topological polar surface area (TPSA) is 72.2 Å². The maximum Gasteiger partial charge on any atom is 0.263 e. The Labute approximate surface area is 138 Å². The maximum atomic E-state index is 12.4. The predicted molar refractivity (Wildman–Crippen MR) is 88.5 cm³/mol. The van der Waals surface area contributed by atoms with Crippen molar-refractivity contribution in [2.75, 3.05) is 10.5 Å². The van der Waals surface area contributed by atoms with Crippen molar-refractivity contribution in [2.24, 2.45) is 0 Å². The summed E-state index contributed by atoms with van der Waals surface area (Å²) in [5.74, 6) is 0. The second-order valence-corrected chi connectivity index (χ2v) is 7.66. The van der Waals surface area contributed by atoms with Gasteiger partial charge in [-0.3, -0.25) is 4.72 Å². The summed E-state index contributed by atoms with van der Waals surface area (Å²) in [5, 5.41) is 0.106. The van der Waals surface area contributed by atoms with Gasteiger partial charge in [0.05, 0.1) is 10.7 Å².